The third-order valence-electron chi connectivity index (χ3n) is 3.43. The van der Waals surface area contributed by atoms with Gasteiger partial charge in [-0.15, -0.1) is 0 Å². The van der Waals surface area contributed by atoms with Crippen LogP contribution in [0.2, 0.25) is 0 Å². The maximum absolute atomic E-state index is 12.2. The molecular weight excluding hydrogens is 216 g/mol. The van der Waals surface area contributed by atoms with Crippen LogP contribution in [0.25, 0.3) is 0 Å². The fraction of sp³-hybridized carbons (Fsp3) is 0.583. The molecule has 5 heteroatoms. The van der Waals surface area contributed by atoms with Crippen LogP contribution in [-0.4, -0.2) is 40.1 Å². The van der Waals surface area contributed by atoms with Crippen LogP contribution < -0.4 is 5.73 Å². The topological polar surface area (TPSA) is 72.1 Å². The van der Waals surface area contributed by atoms with E-state index in [0.29, 0.717) is 5.56 Å². The lowest BCUT2D eigenvalue weighted by molar-refractivity contribution is 0.0671. The van der Waals surface area contributed by atoms with E-state index in [1.165, 1.54) is 12.4 Å². The molecule has 1 aromatic heterocycles. The van der Waals surface area contributed by atoms with E-state index in [1.54, 1.807) is 11.0 Å². The van der Waals surface area contributed by atoms with Crippen LogP contribution in [0.5, 0.6) is 0 Å². The molecule has 92 valence electrons. The summed E-state index contributed by atoms with van der Waals surface area (Å²) >= 11 is 0. The highest BCUT2D eigenvalue weighted by molar-refractivity contribution is 5.93. The average molecular weight is 234 g/mol. The zero-order chi connectivity index (χ0) is 12.3. The van der Waals surface area contributed by atoms with Gasteiger partial charge in [0.2, 0.25) is 0 Å². The lowest BCUT2D eigenvalue weighted by Crippen LogP contribution is -2.50. The molecule has 0 bridgehead atoms. The van der Waals surface area contributed by atoms with Crippen LogP contribution in [0, 0.1) is 0 Å². The number of hydrogen-bond acceptors (Lipinski definition) is 4. The lowest BCUT2D eigenvalue weighted by atomic mass is 9.90. The normalized spacial score (nSPS) is 24.4. The van der Waals surface area contributed by atoms with E-state index < -0.39 is 0 Å². The van der Waals surface area contributed by atoms with Gasteiger partial charge < -0.3 is 10.6 Å². The van der Waals surface area contributed by atoms with Crippen molar-refractivity contribution < 1.29 is 4.79 Å². The molecule has 0 spiro atoms. The van der Waals surface area contributed by atoms with E-state index >= 15 is 0 Å². The zero-order valence-electron chi connectivity index (χ0n) is 10.0. The Kier molecular flexibility index (Phi) is 3.68. The summed E-state index contributed by atoms with van der Waals surface area (Å²) < 4.78 is 0. The zero-order valence-corrected chi connectivity index (χ0v) is 10.0. The Bertz CT molecular complexity index is 381. The number of carbonyl (C=O) groups is 1. The summed E-state index contributed by atoms with van der Waals surface area (Å²) in [5.41, 5.74) is 6.64. The molecule has 2 unspecified atom stereocenters. The molecular formula is C12H18N4O. The first-order valence-electron chi connectivity index (χ1n) is 5.99. The van der Waals surface area contributed by atoms with Crippen LogP contribution in [-0.2, 0) is 0 Å². The van der Waals surface area contributed by atoms with E-state index in [2.05, 4.69) is 10.2 Å². The van der Waals surface area contributed by atoms with Crippen LogP contribution in [0.1, 0.15) is 36.0 Å². The summed E-state index contributed by atoms with van der Waals surface area (Å²) in [5.74, 6) is -0.0257. The molecule has 1 amide bonds. The summed E-state index contributed by atoms with van der Waals surface area (Å²) in [7, 11) is 1.82. The highest BCUT2D eigenvalue weighted by Gasteiger charge is 2.28. The van der Waals surface area contributed by atoms with E-state index in [1.807, 2.05) is 7.05 Å². The van der Waals surface area contributed by atoms with Crippen molar-refractivity contribution in [2.45, 2.75) is 37.8 Å². The fourth-order valence-corrected chi connectivity index (χ4v) is 2.39. The van der Waals surface area contributed by atoms with Crippen molar-refractivity contribution in [2.75, 3.05) is 7.05 Å². The number of rotatable bonds is 2. The number of likely N-dealkylation sites (N-methyl/N-ethyl adjacent to an activating group) is 1. The summed E-state index contributed by atoms with van der Waals surface area (Å²) in [5, 5.41) is 7.39. The van der Waals surface area contributed by atoms with Crippen molar-refractivity contribution in [2.24, 2.45) is 5.73 Å². The minimum Gasteiger partial charge on any atom is -0.337 e. The second-order valence-corrected chi connectivity index (χ2v) is 4.56. The van der Waals surface area contributed by atoms with Gasteiger partial charge in [0.15, 0.2) is 0 Å². The second-order valence-electron chi connectivity index (χ2n) is 4.56. The van der Waals surface area contributed by atoms with Crippen LogP contribution in [0.3, 0.4) is 0 Å². The van der Waals surface area contributed by atoms with E-state index in [9.17, 15) is 4.79 Å². The highest BCUT2D eigenvalue weighted by atomic mass is 16.2. The first-order valence-corrected chi connectivity index (χ1v) is 5.99. The number of nitrogens with zero attached hydrogens (tertiary/aromatic N) is 3. The van der Waals surface area contributed by atoms with Gasteiger partial charge in [0.25, 0.3) is 5.91 Å². The van der Waals surface area contributed by atoms with Crippen molar-refractivity contribution in [3.05, 3.63) is 24.0 Å². The van der Waals surface area contributed by atoms with Crippen LogP contribution in [0.4, 0.5) is 0 Å². The summed E-state index contributed by atoms with van der Waals surface area (Å²) in [6, 6.07) is 1.91. The third kappa shape index (κ3) is 2.61. The molecule has 0 aromatic carbocycles. The molecule has 2 atom stereocenters. The van der Waals surface area contributed by atoms with Crippen LogP contribution in [0.15, 0.2) is 18.5 Å². The van der Waals surface area contributed by atoms with Gasteiger partial charge >= 0.3 is 0 Å². The molecule has 5 nitrogen and oxygen atoms in total. The van der Waals surface area contributed by atoms with Gasteiger partial charge in [-0.3, -0.25) is 4.79 Å². The molecule has 0 radical (unpaired) electrons. The van der Waals surface area contributed by atoms with E-state index in [-0.39, 0.29) is 18.0 Å². The quantitative estimate of drug-likeness (QED) is 0.822. The van der Waals surface area contributed by atoms with Crippen molar-refractivity contribution >= 4 is 5.91 Å². The molecule has 1 aromatic rings. The second kappa shape index (κ2) is 5.23. The Morgan fingerprint density at radius 3 is 2.82 bits per heavy atom. The molecule has 1 saturated carbocycles. The standard InChI is InChI=1S/C12H18N4O/c1-16(11-5-3-2-4-10(11)13)12(17)9-6-7-14-15-8-9/h6-8,10-11H,2-5,13H2,1H3. The summed E-state index contributed by atoms with van der Waals surface area (Å²) in [4.78, 5) is 13.9. The minimum atomic E-state index is -0.0257. The highest BCUT2D eigenvalue weighted by Crippen LogP contribution is 2.22. The number of hydrogen-bond donors (Lipinski definition) is 1. The minimum absolute atomic E-state index is 0.0257. The summed E-state index contributed by atoms with van der Waals surface area (Å²) in [6.45, 7) is 0. The fourth-order valence-electron chi connectivity index (χ4n) is 2.39. The predicted octanol–water partition coefficient (Wildman–Crippen LogP) is 0.819. The maximum Gasteiger partial charge on any atom is 0.255 e. The number of amides is 1. The smallest absolute Gasteiger partial charge is 0.255 e. The van der Waals surface area contributed by atoms with Gasteiger partial charge in [-0.2, -0.15) is 10.2 Å². The molecule has 17 heavy (non-hydrogen) atoms. The first-order chi connectivity index (χ1) is 8.20. The molecule has 1 aliphatic rings. The molecule has 2 rings (SSSR count). The van der Waals surface area contributed by atoms with Gasteiger partial charge in [-0.1, -0.05) is 12.8 Å². The van der Waals surface area contributed by atoms with Gasteiger partial charge in [0.1, 0.15) is 0 Å². The third-order valence-corrected chi connectivity index (χ3v) is 3.43. The molecule has 2 N–H and O–H groups in total. The van der Waals surface area contributed by atoms with E-state index in [4.69, 9.17) is 5.73 Å². The maximum atomic E-state index is 12.2. The Balaban J connectivity index is 2.09. The molecule has 1 aliphatic carbocycles. The molecule has 1 fully saturated rings. The number of carbonyl (C=O) groups excluding carboxylic acids is 1. The van der Waals surface area contributed by atoms with Crippen LogP contribution >= 0.6 is 0 Å². The van der Waals surface area contributed by atoms with Gasteiger partial charge in [-0.25, -0.2) is 0 Å². The predicted molar refractivity (Wildman–Crippen MR) is 64.4 cm³/mol. The van der Waals surface area contributed by atoms with Crippen molar-refractivity contribution in [1.29, 1.82) is 0 Å². The van der Waals surface area contributed by atoms with Crippen molar-refractivity contribution in [3.63, 3.8) is 0 Å². The lowest BCUT2D eigenvalue weighted by Gasteiger charge is -2.36. The Labute approximate surface area is 101 Å². The Morgan fingerprint density at radius 1 is 1.41 bits per heavy atom. The summed E-state index contributed by atoms with van der Waals surface area (Å²) in [6.07, 6.45) is 7.31. The van der Waals surface area contributed by atoms with Crippen molar-refractivity contribution in [1.82, 2.24) is 15.1 Å². The van der Waals surface area contributed by atoms with Crippen molar-refractivity contribution in [3.8, 4) is 0 Å². The van der Waals surface area contributed by atoms with E-state index in [0.717, 1.165) is 25.7 Å². The van der Waals surface area contributed by atoms with Gasteiger partial charge in [-0.05, 0) is 18.9 Å². The molecule has 0 saturated heterocycles. The average Bonchev–Trinajstić information content (AvgIpc) is 2.39. The molecule has 0 aliphatic heterocycles. The number of nitrogens with two attached hydrogens (primary N) is 1. The Hall–Kier alpha value is -1.49. The SMILES string of the molecule is CN(C(=O)c1ccnnc1)C1CCCCC1N. The monoisotopic (exact) mass is 234 g/mol. The molecule has 1 heterocycles. The number of aromatic nitrogens is 2. The largest absolute Gasteiger partial charge is 0.337 e. The van der Waals surface area contributed by atoms with Gasteiger partial charge in [0, 0.05) is 19.1 Å². The Morgan fingerprint density at radius 2 is 2.18 bits per heavy atom. The van der Waals surface area contributed by atoms with Gasteiger partial charge in [0.05, 0.1) is 18.0 Å². The first kappa shape index (κ1) is 12.0.